The highest BCUT2D eigenvalue weighted by Crippen LogP contribution is 2.23. The van der Waals surface area contributed by atoms with Crippen LogP contribution in [-0.2, 0) is 10.0 Å². The minimum atomic E-state index is -3.64. The Morgan fingerprint density at radius 1 is 1.38 bits per heavy atom. The van der Waals surface area contributed by atoms with E-state index in [-0.39, 0.29) is 16.6 Å². The maximum Gasteiger partial charge on any atom is 0.263 e. The Morgan fingerprint density at radius 3 is 2.81 bits per heavy atom. The lowest BCUT2D eigenvalue weighted by atomic mass is 10.2. The van der Waals surface area contributed by atoms with Gasteiger partial charge in [0.1, 0.15) is 0 Å². The number of hydrogen-bond acceptors (Lipinski definition) is 5. The molecule has 2 rings (SSSR count). The number of nitrogens with zero attached hydrogens (tertiary/aromatic N) is 1. The summed E-state index contributed by atoms with van der Waals surface area (Å²) in [6.45, 7) is 3.93. The summed E-state index contributed by atoms with van der Waals surface area (Å²) in [7, 11) is -3.64. The van der Waals surface area contributed by atoms with Crippen LogP contribution in [0, 0.1) is 25.7 Å². The van der Waals surface area contributed by atoms with Gasteiger partial charge in [0.25, 0.3) is 10.0 Å². The van der Waals surface area contributed by atoms with Gasteiger partial charge in [-0.05, 0) is 25.5 Å². The predicted octanol–water partition coefficient (Wildman–Crippen LogP) is 1.87. The SMILES string of the molecule is Cc1ccc(S(=O)(=O)Nc2ncc(C#CCN)s2)c(C)c1. The van der Waals surface area contributed by atoms with E-state index >= 15 is 0 Å². The Bertz CT molecular complexity index is 814. The highest BCUT2D eigenvalue weighted by Gasteiger charge is 2.18. The molecule has 0 aliphatic heterocycles. The molecule has 0 saturated carbocycles. The second-order valence-corrected chi connectivity index (χ2v) is 7.09. The van der Waals surface area contributed by atoms with Crippen molar-refractivity contribution in [2.75, 3.05) is 11.3 Å². The fraction of sp³-hybridized carbons (Fsp3) is 0.214. The monoisotopic (exact) mass is 321 g/mol. The molecule has 0 aliphatic carbocycles. The van der Waals surface area contributed by atoms with Crippen molar-refractivity contribution in [3.05, 3.63) is 40.4 Å². The quantitative estimate of drug-likeness (QED) is 0.845. The Balaban J connectivity index is 2.27. The molecule has 0 spiro atoms. The fourth-order valence-corrected chi connectivity index (χ4v) is 3.95. The van der Waals surface area contributed by atoms with E-state index in [0.717, 1.165) is 5.56 Å². The van der Waals surface area contributed by atoms with E-state index in [2.05, 4.69) is 21.5 Å². The number of aromatic nitrogens is 1. The van der Waals surface area contributed by atoms with Gasteiger partial charge in [-0.25, -0.2) is 13.4 Å². The Labute approximate surface area is 128 Å². The maximum atomic E-state index is 12.4. The molecule has 5 nitrogen and oxygen atoms in total. The van der Waals surface area contributed by atoms with Crippen LogP contribution in [0.2, 0.25) is 0 Å². The summed E-state index contributed by atoms with van der Waals surface area (Å²) in [5, 5.41) is 0.288. The van der Waals surface area contributed by atoms with Crippen LogP contribution in [0.4, 0.5) is 5.13 Å². The van der Waals surface area contributed by atoms with Gasteiger partial charge in [0.2, 0.25) is 0 Å². The van der Waals surface area contributed by atoms with Crippen LogP contribution >= 0.6 is 11.3 Å². The van der Waals surface area contributed by atoms with Crippen LogP contribution in [0.25, 0.3) is 0 Å². The van der Waals surface area contributed by atoms with Crippen molar-refractivity contribution in [1.82, 2.24) is 4.98 Å². The molecule has 21 heavy (non-hydrogen) atoms. The van der Waals surface area contributed by atoms with Crippen LogP contribution in [0.5, 0.6) is 0 Å². The molecular weight excluding hydrogens is 306 g/mol. The average Bonchev–Trinajstić information content (AvgIpc) is 2.82. The number of anilines is 1. The topological polar surface area (TPSA) is 85.1 Å². The van der Waals surface area contributed by atoms with E-state index in [0.29, 0.717) is 10.4 Å². The molecule has 0 atom stereocenters. The first-order valence-electron chi connectivity index (χ1n) is 6.17. The molecule has 0 radical (unpaired) electrons. The Morgan fingerprint density at radius 2 is 2.14 bits per heavy atom. The standard InChI is InChI=1S/C14H15N3O2S2/c1-10-5-6-13(11(2)8-10)21(18,19)17-14-16-9-12(20-14)4-3-7-15/h5-6,8-9H,7,15H2,1-2H3,(H,16,17). The van der Waals surface area contributed by atoms with Crippen molar-refractivity contribution in [3.63, 3.8) is 0 Å². The largest absolute Gasteiger partial charge is 0.320 e. The van der Waals surface area contributed by atoms with E-state index in [1.54, 1.807) is 19.1 Å². The molecule has 110 valence electrons. The zero-order chi connectivity index (χ0) is 15.5. The van der Waals surface area contributed by atoms with Crippen molar-refractivity contribution in [2.45, 2.75) is 18.7 Å². The van der Waals surface area contributed by atoms with Crippen molar-refractivity contribution in [3.8, 4) is 11.8 Å². The molecule has 1 heterocycles. The third kappa shape index (κ3) is 3.82. The van der Waals surface area contributed by atoms with Crippen molar-refractivity contribution >= 4 is 26.5 Å². The number of aryl methyl sites for hydroxylation is 2. The molecule has 0 bridgehead atoms. The van der Waals surface area contributed by atoms with Crippen LogP contribution in [0.3, 0.4) is 0 Å². The summed E-state index contributed by atoms with van der Waals surface area (Å²) in [5.41, 5.74) is 7.00. The molecule has 0 unspecified atom stereocenters. The van der Waals surface area contributed by atoms with Crippen molar-refractivity contribution < 1.29 is 8.42 Å². The second kappa shape index (κ2) is 6.26. The van der Waals surface area contributed by atoms with E-state index in [4.69, 9.17) is 5.73 Å². The van der Waals surface area contributed by atoms with Gasteiger partial charge in [0.05, 0.1) is 22.5 Å². The smallest absolute Gasteiger partial charge is 0.263 e. The lowest BCUT2D eigenvalue weighted by Gasteiger charge is -2.08. The summed E-state index contributed by atoms with van der Waals surface area (Å²) in [6, 6.07) is 5.19. The lowest BCUT2D eigenvalue weighted by Crippen LogP contribution is -2.14. The molecule has 0 amide bonds. The normalized spacial score (nSPS) is 10.8. The molecule has 0 aliphatic rings. The summed E-state index contributed by atoms with van der Waals surface area (Å²) >= 11 is 1.17. The van der Waals surface area contributed by atoms with Gasteiger partial charge in [-0.15, -0.1) is 0 Å². The number of nitrogens with two attached hydrogens (primary N) is 1. The van der Waals surface area contributed by atoms with Gasteiger partial charge in [-0.1, -0.05) is 40.9 Å². The summed E-state index contributed by atoms with van der Waals surface area (Å²) in [4.78, 5) is 4.93. The third-order valence-electron chi connectivity index (χ3n) is 2.66. The molecular formula is C14H15N3O2S2. The van der Waals surface area contributed by atoms with Crippen molar-refractivity contribution in [1.29, 1.82) is 0 Å². The summed E-state index contributed by atoms with van der Waals surface area (Å²) < 4.78 is 27.2. The van der Waals surface area contributed by atoms with Gasteiger partial charge in [-0.2, -0.15) is 0 Å². The first kappa shape index (κ1) is 15.5. The second-order valence-electron chi connectivity index (χ2n) is 4.41. The number of sulfonamides is 1. The number of nitrogens with one attached hydrogen (secondary N) is 1. The minimum absolute atomic E-state index is 0.248. The first-order valence-corrected chi connectivity index (χ1v) is 8.47. The Hall–Kier alpha value is -1.88. The molecule has 7 heteroatoms. The fourth-order valence-electron chi connectivity index (χ4n) is 1.79. The van der Waals surface area contributed by atoms with Gasteiger partial charge in [0.15, 0.2) is 5.13 Å². The molecule has 1 aromatic heterocycles. The number of thiazole rings is 1. The van der Waals surface area contributed by atoms with E-state index in [1.165, 1.54) is 17.5 Å². The maximum absolute atomic E-state index is 12.4. The minimum Gasteiger partial charge on any atom is -0.320 e. The van der Waals surface area contributed by atoms with Crippen LogP contribution in [-0.4, -0.2) is 19.9 Å². The predicted molar refractivity (Wildman–Crippen MR) is 84.8 cm³/mol. The number of hydrogen-bond donors (Lipinski definition) is 2. The highest BCUT2D eigenvalue weighted by atomic mass is 32.2. The summed E-state index contributed by atoms with van der Waals surface area (Å²) in [5.74, 6) is 5.51. The van der Waals surface area contributed by atoms with Crippen LogP contribution in [0.15, 0.2) is 29.3 Å². The van der Waals surface area contributed by atoms with E-state index in [9.17, 15) is 8.42 Å². The zero-order valence-corrected chi connectivity index (χ0v) is 13.3. The number of benzene rings is 1. The Kier molecular flexibility index (Phi) is 4.63. The average molecular weight is 321 g/mol. The molecule has 1 aromatic carbocycles. The zero-order valence-electron chi connectivity index (χ0n) is 11.7. The van der Waals surface area contributed by atoms with Crippen molar-refractivity contribution in [2.24, 2.45) is 5.73 Å². The first-order chi connectivity index (χ1) is 9.92. The van der Waals surface area contributed by atoms with Gasteiger partial charge < -0.3 is 5.73 Å². The van der Waals surface area contributed by atoms with Crippen LogP contribution < -0.4 is 10.5 Å². The third-order valence-corrected chi connectivity index (χ3v) is 5.12. The lowest BCUT2D eigenvalue weighted by molar-refractivity contribution is 0.600. The van der Waals surface area contributed by atoms with Gasteiger partial charge >= 0.3 is 0 Å². The highest BCUT2D eigenvalue weighted by molar-refractivity contribution is 7.93. The van der Waals surface area contributed by atoms with Gasteiger partial charge in [0, 0.05) is 0 Å². The van der Waals surface area contributed by atoms with Crippen LogP contribution in [0.1, 0.15) is 16.0 Å². The van der Waals surface area contributed by atoms with Gasteiger partial charge in [-0.3, -0.25) is 4.72 Å². The summed E-state index contributed by atoms with van der Waals surface area (Å²) in [6.07, 6.45) is 1.52. The molecule has 0 saturated heterocycles. The van der Waals surface area contributed by atoms with E-state index in [1.807, 2.05) is 13.0 Å². The molecule has 3 N–H and O–H groups in total. The molecule has 0 fully saturated rings. The molecule has 2 aromatic rings. The number of rotatable bonds is 3. The van der Waals surface area contributed by atoms with E-state index < -0.39 is 10.0 Å².